The van der Waals surface area contributed by atoms with Crippen molar-refractivity contribution in [3.63, 3.8) is 0 Å². The molecule has 32 heavy (non-hydrogen) atoms. The fourth-order valence-electron chi connectivity index (χ4n) is 4.09. The average Bonchev–Trinajstić information content (AvgIpc) is 2.83. The second-order valence-electron chi connectivity index (χ2n) is 8.37. The van der Waals surface area contributed by atoms with Crippen LogP contribution >= 0.6 is 24.0 Å². The number of piperidine rings is 1. The lowest BCUT2D eigenvalue weighted by Gasteiger charge is -2.35. The molecule has 8 heteroatoms. The number of rotatable bonds is 8. The topological polar surface area (TPSA) is 75.2 Å². The Bertz CT molecular complexity index is 717. The number of carbonyl (C=O) groups is 1. The fraction of sp³-hybridized carbons (Fsp3) is 0.667. The van der Waals surface area contributed by atoms with E-state index in [0.29, 0.717) is 24.8 Å². The standard InChI is InChI=1S/C24H38N4O3.HI/c1-3-12-26-23(29)20-8-6-7-19(16-20)17-27-24(25-2)28-13-10-21(11-14-28)31-18-22-9-4-5-15-30-22;/h6-8,16,21-22H,3-5,9-15,17-18H2,1-2H3,(H,25,27)(H,26,29);1H. The maximum absolute atomic E-state index is 12.2. The highest BCUT2D eigenvalue weighted by Crippen LogP contribution is 2.18. The highest BCUT2D eigenvalue weighted by atomic mass is 127. The van der Waals surface area contributed by atoms with Gasteiger partial charge in [-0.25, -0.2) is 0 Å². The summed E-state index contributed by atoms with van der Waals surface area (Å²) in [7, 11) is 1.82. The minimum absolute atomic E-state index is 0. The first-order valence-corrected chi connectivity index (χ1v) is 11.8. The van der Waals surface area contributed by atoms with Gasteiger partial charge in [-0.15, -0.1) is 24.0 Å². The van der Waals surface area contributed by atoms with E-state index in [1.807, 2.05) is 38.2 Å². The second-order valence-corrected chi connectivity index (χ2v) is 8.37. The maximum atomic E-state index is 12.2. The number of hydrogen-bond donors (Lipinski definition) is 2. The Morgan fingerprint density at radius 2 is 2.03 bits per heavy atom. The van der Waals surface area contributed by atoms with Crippen molar-refractivity contribution in [1.82, 2.24) is 15.5 Å². The molecule has 2 N–H and O–H groups in total. The third-order valence-electron chi connectivity index (χ3n) is 5.92. The van der Waals surface area contributed by atoms with E-state index in [1.54, 1.807) is 0 Å². The number of benzene rings is 1. The summed E-state index contributed by atoms with van der Waals surface area (Å²) in [6.07, 6.45) is 7.06. The predicted molar refractivity (Wildman–Crippen MR) is 139 cm³/mol. The van der Waals surface area contributed by atoms with Gasteiger partial charge in [0.2, 0.25) is 0 Å². The molecule has 1 aromatic carbocycles. The van der Waals surface area contributed by atoms with Crippen molar-refractivity contribution >= 4 is 35.8 Å². The van der Waals surface area contributed by atoms with Crippen LogP contribution in [0.2, 0.25) is 0 Å². The van der Waals surface area contributed by atoms with Crippen LogP contribution in [0.4, 0.5) is 0 Å². The van der Waals surface area contributed by atoms with Gasteiger partial charge in [0.15, 0.2) is 5.96 Å². The molecular weight excluding hydrogens is 519 g/mol. The van der Waals surface area contributed by atoms with Crippen LogP contribution in [0.25, 0.3) is 0 Å². The van der Waals surface area contributed by atoms with Gasteiger partial charge in [-0.3, -0.25) is 9.79 Å². The van der Waals surface area contributed by atoms with E-state index in [2.05, 4.69) is 20.5 Å². The summed E-state index contributed by atoms with van der Waals surface area (Å²) in [6, 6.07) is 7.76. The van der Waals surface area contributed by atoms with Crippen molar-refractivity contribution in [2.45, 2.75) is 64.2 Å². The first kappa shape index (κ1) is 26.9. The number of likely N-dealkylation sites (tertiary alicyclic amines) is 1. The molecule has 1 amide bonds. The Morgan fingerprint density at radius 1 is 1.22 bits per heavy atom. The lowest BCUT2D eigenvalue weighted by Crippen LogP contribution is -2.47. The van der Waals surface area contributed by atoms with Crippen molar-refractivity contribution < 1.29 is 14.3 Å². The normalized spacial score (nSPS) is 19.9. The van der Waals surface area contributed by atoms with E-state index < -0.39 is 0 Å². The average molecular weight is 559 g/mol. The summed E-state index contributed by atoms with van der Waals surface area (Å²) in [4.78, 5) is 18.9. The molecule has 1 atom stereocenters. The van der Waals surface area contributed by atoms with Crippen molar-refractivity contribution in [3.8, 4) is 0 Å². The molecule has 0 bridgehead atoms. The molecule has 2 aliphatic heterocycles. The van der Waals surface area contributed by atoms with Crippen LogP contribution in [0.1, 0.15) is 61.4 Å². The molecule has 0 radical (unpaired) electrons. The number of nitrogens with one attached hydrogen (secondary N) is 2. The molecule has 0 saturated carbocycles. The zero-order valence-electron chi connectivity index (χ0n) is 19.5. The van der Waals surface area contributed by atoms with Gasteiger partial charge in [-0.05, 0) is 56.2 Å². The Balaban J connectivity index is 0.00000363. The van der Waals surface area contributed by atoms with E-state index in [9.17, 15) is 4.79 Å². The monoisotopic (exact) mass is 558 g/mol. The van der Waals surface area contributed by atoms with Crippen LogP contribution in [-0.2, 0) is 16.0 Å². The summed E-state index contributed by atoms with van der Waals surface area (Å²) in [5, 5.41) is 6.37. The Hall–Kier alpha value is -1.39. The SMILES string of the molecule is CCCNC(=O)c1cccc(CNC(=NC)N2CCC(OCC3CCCCO3)CC2)c1.I. The van der Waals surface area contributed by atoms with Gasteiger partial charge >= 0.3 is 0 Å². The van der Waals surface area contributed by atoms with Crippen molar-refractivity contribution in [1.29, 1.82) is 0 Å². The van der Waals surface area contributed by atoms with Crippen molar-refractivity contribution in [2.75, 3.05) is 39.9 Å². The molecule has 2 fully saturated rings. The maximum Gasteiger partial charge on any atom is 0.251 e. The molecule has 3 rings (SSSR count). The molecule has 180 valence electrons. The van der Waals surface area contributed by atoms with E-state index in [-0.39, 0.29) is 36.0 Å². The molecule has 0 spiro atoms. The van der Waals surface area contributed by atoms with Gasteiger partial charge in [0.05, 0.1) is 18.8 Å². The number of aliphatic imine (C=N–C) groups is 1. The van der Waals surface area contributed by atoms with Crippen molar-refractivity contribution in [2.24, 2.45) is 4.99 Å². The van der Waals surface area contributed by atoms with Gasteiger partial charge < -0.3 is 25.0 Å². The number of halogens is 1. The van der Waals surface area contributed by atoms with E-state index in [4.69, 9.17) is 9.47 Å². The minimum Gasteiger partial charge on any atom is -0.376 e. The van der Waals surface area contributed by atoms with Gasteiger partial charge in [-0.1, -0.05) is 19.1 Å². The summed E-state index contributed by atoms with van der Waals surface area (Å²) in [5.74, 6) is 0.878. The molecule has 1 aromatic rings. The summed E-state index contributed by atoms with van der Waals surface area (Å²) < 4.78 is 11.9. The van der Waals surface area contributed by atoms with E-state index in [1.165, 1.54) is 12.8 Å². The zero-order chi connectivity index (χ0) is 21.9. The Labute approximate surface area is 209 Å². The smallest absolute Gasteiger partial charge is 0.251 e. The summed E-state index contributed by atoms with van der Waals surface area (Å²) in [6.45, 7) is 6.83. The zero-order valence-corrected chi connectivity index (χ0v) is 21.8. The third-order valence-corrected chi connectivity index (χ3v) is 5.92. The molecule has 7 nitrogen and oxygen atoms in total. The third kappa shape index (κ3) is 8.51. The van der Waals surface area contributed by atoms with Gasteiger partial charge in [0.25, 0.3) is 5.91 Å². The predicted octanol–water partition coefficient (Wildman–Crippen LogP) is 3.57. The number of guanidine groups is 1. The number of hydrogen-bond acceptors (Lipinski definition) is 4. The summed E-state index contributed by atoms with van der Waals surface area (Å²) >= 11 is 0. The van der Waals surface area contributed by atoms with Gasteiger partial charge in [0.1, 0.15) is 0 Å². The van der Waals surface area contributed by atoms with E-state index >= 15 is 0 Å². The second kappa shape index (κ2) is 14.7. The molecule has 2 aliphatic rings. The summed E-state index contributed by atoms with van der Waals surface area (Å²) in [5.41, 5.74) is 1.76. The fourth-order valence-corrected chi connectivity index (χ4v) is 4.09. The Kier molecular flexibility index (Phi) is 12.3. The minimum atomic E-state index is -0.0196. The number of amides is 1. The Morgan fingerprint density at radius 3 is 2.72 bits per heavy atom. The first-order chi connectivity index (χ1) is 15.2. The van der Waals surface area contributed by atoms with Crippen LogP contribution in [0.3, 0.4) is 0 Å². The number of carbonyl (C=O) groups excluding carboxylic acids is 1. The lowest BCUT2D eigenvalue weighted by molar-refractivity contribution is -0.0721. The van der Waals surface area contributed by atoms with E-state index in [0.717, 1.165) is 63.5 Å². The van der Waals surface area contributed by atoms with Crippen LogP contribution in [0.15, 0.2) is 29.3 Å². The number of nitrogens with zero attached hydrogens (tertiary/aromatic N) is 2. The van der Waals surface area contributed by atoms with Gasteiger partial charge in [-0.2, -0.15) is 0 Å². The molecule has 0 aliphatic carbocycles. The molecule has 1 unspecified atom stereocenters. The lowest BCUT2D eigenvalue weighted by atomic mass is 10.1. The molecular formula is C24H39IN4O3. The highest BCUT2D eigenvalue weighted by molar-refractivity contribution is 14.0. The largest absolute Gasteiger partial charge is 0.376 e. The van der Waals surface area contributed by atoms with Crippen LogP contribution < -0.4 is 10.6 Å². The highest BCUT2D eigenvalue weighted by Gasteiger charge is 2.23. The van der Waals surface area contributed by atoms with Crippen LogP contribution in [0, 0.1) is 0 Å². The number of ether oxygens (including phenoxy) is 2. The van der Waals surface area contributed by atoms with Crippen molar-refractivity contribution in [3.05, 3.63) is 35.4 Å². The first-order valence-electron chi connectivity index (χ1n) is 11.8. The molecule has 2 saturated heterocycles. The van der Waals surface area contributed by atoms with Crippen LogP contribution in [0.5, 0.6) is 0 Å². The van der Waals surface area contributed by atoms with Crippen LogP contribution in [-0.4, -0.2) is 68.9 Å². The molecule has 0 aromatic heterocycles. The molecule has 2 heterocycles. The van der Waals surface area contributed by atoms with Gasteiger partial charge in [0, 0.05) is 45.4 Å². The quantitative estimate of drug-likeness (QED) is 0.290.